The van der Waals surface area contributed by atoms with Crippen LogP contribution in [-0.2, 0) is 9.53 Å². The van der Waals surface area contributed by atoms with E-state index in [9.17, 15) is 4.79 Å². The Kier molecular flexibility index (Phi) is 4.76. The van der Waals surface area contributed by atoms with Crippen LogP contribution in [0.1, 0.15) is 17.2 Å². The van der Waals surface area contributed by atoms with Gasteiger partial charge in [-0.05, 0) is 11.1 Å². The number of aromatic nitrogens is 3. The highest BCUT2D eigenvalue weighted by Crippen LogP contribution is 2.25. The Morgan fingerprint density at radius 3 is 2.17 bits per heavy atom. The lowest BCUT2D eigenvalue weighted by Gasteiger charge is -2.18. The standard InChI is InChI=1S/C17H16N4O2/c22-15(20-17-18-12-19-21-17)11-23-16(13-7-3-1-4-8-13)14-9-5-2-6-10-14/h1-10,12,16H,11H2,(H2,18,19,20,21,22). The van der Waals surface area contributed by atoms with E-state index >= 15 is 0 Å². The first-order valence-corrected chi connectivity index (χ1v) is 7.19. The molecule has 0 radical (unpaired) electrons. The summed E-state index contributed by atoms with van der Waals surface area (Å²) in [5.74, 6) is 0.00758. The Labute approximate surface area is 133 Å². The van der Waals surface area contributed by atoms with Crippen molar-refractivity contribution < 1.29 is 9.53 Å². The van der Waals surface area contributed by atoms with Crippen molar-refractivity contribution in [2.45, 2.75) is 6.10 Å². The van der Waals surface area contributed by atoms with E-state index in [4.69, 9.17) is 4.74 Å². The molecule has 0 spiro atoms. The van der Waals surface area contributed by atoms with E-state index in [1.807, 2.05) is 60.7 Å². The normalized spacial score (nSPS) is 10.7. The van der Waals surface area contributed by atoms with Gasteiger partial charge in [0.15, 0.2) is 0 Å². The first kappa shape index (κ1) is 14.9. The molecule has 3 rings (SSSR count). The number of anilines is 1. The molecule has 0 aliphatic heterocycles. The molecule has 1 heterocycles. The first-order chi connectivity index (χ1) is 11.3. The maximum atomic E-state index is 12.0. The van der Waals surface area contributed by atoms with Crippen LogP contribution in [0.3, 0.4) is 0 Å². The van der Waals surface area contributed by atoms with Gasteiger partial charge in [0.1, 0.15) is 19.0 Å². The summed E-state index contributed by atoms with van der Waals surface area (Å²) in [7, 11) is 0. The van der Waals surface area contributed by atoms with Crippen molar-refractivity contribution in [3.63, 3.8) is 0 Å². The monoisotopic (exact) mass is 308 g/mol. The lowest BCUT2D eigenvalue weighted by Crippen LogP contribution is -2.21. The van der Waals surface area contributed by atoms with Crippen LogP contribution < -0.4 is 5.32 Å². The molecule has 0 bridgehead atoms. The highest BCUT2D eigenvalue weighted by Gasteiger charge is 2.16. The molecule has 2 aromatic carbocycles. The molecule has 0 aliphatic carbocycles. The predicted molar refractivity (Wildman–Crippen MR) is 85.7 cm³/mol. The third kappa shape index (κ3) is 4.02. The molecule has 6 nitrogen and oxygen atoms in total. The SMILES string of the molecule is O=C(COC(c1ccccc1)c1ccccc1)Nc1ncn[nH]1. The molecule has 6 heteroatoms. The number of carbonyl (C=O) groups excluding carboxylic acids is 1. The van der Waals surface area contributed by atoms with Crippen molar-refractivity contribution in [1.82, 2.24) is 15.2 Å². The number of benzene rings is 2. The molecule has 0 unspecified atom stereocenters. The quantitative estimate of drug-likeness (QED) is 0.733. The van der Waals surface area contributed by atoms with Gasteiger partial charge in [0.2, 0.25) is 5.95 Å². The molecular formula is C17H16N4O2. The Balaban J connectivity index is 1.71. The molecule has 1 aromatic heterocycles. The lowest BCUT2D eigenvalue weighted by molar-refractivity contribution is -0.122. The summed E-state index contributed by atoms with van der Waals surface area (Å²) in [5, 5.41) is 8.83. The van der Waals surface area contributed by atoms with E-state index in [2.05, 4.69) is 20.5 Å². The fraction of sp³-hybridized carbons (Fsp3) is 0.118. The van der Waals surface area contributed by atoms with Gasteiger partial charge in [-0.2, -0.15) is 10.1 Å². The second-order valence-corrected chi connectivity index (χ2v) is 4.89. The molecule has 116 valence electrons. The summed E-state index contributed by atoms with van der Waals surface area (Å²) in [4.78, 5) is 15.8. The molecule has 3 aromatic rings. The second-order valence-electron chi connectivity index (χ2n) is 4.89. The average molecular weight is 308 g/mol. The molecular weight excluding hydrogens is 292 g/mol. The van der Waals surface area contributed by atoms with Gasteiger partial charge in [0.25, 0.3) is 5.91 Å². The van der Waals surface area contributed by atoms with E-state index < -0.39 is 0 Å². The Morgan fingerprint density at radius 1 is 1.04 bits per heavy atom. The first-order valence-electron chi connectivity index (χ1n) is 7.19. The van der Waals surface area contributed by atoms with Crippen molar-refractivity contribution in [3.8, 4) is 0 Å². The van der Waals surface area contributed by atoms with Crippen molar-refractivity contribution in [3.05, 3.63) is 78.1 Å². The van der Waals surface area contributed by atoms with Gasteiger partial charge >= 0.3 is 0 Å². The zero-order chi connectivity index (χ0) is 15.9. The molecule has 0 aliphatic rings. The van der Waals surface area contributed by atoms with Gasteiger partial charge < -0.3 is 4.74 Å². The summed E-state index contributed by atoms with van der Waals surface area (Å²) < 4.78 is 5.85. The molecule has 23 heavy (non-hydrogen) atoms. The van der Waals surface area contributed by atoms with Gasteiger partial charge in [-0.15, -0.1) is 0 Å². The second kappa shape index (κ2) is 7.33. The van der Waals surface area contributed by atoms with Crippen LogP contribution in [0.25, 0.3) is 0 Å². The average Bonchev–Trinajstić information content (AvgIpc) is 3.10. The van der Waals surface area contributed by atoms with Crippen molar-refractivity contribution >= 4 is 11.9 Å². The Morgan fingerprint density at radius 2 is 1.65 bits per heavy atom. The number of aromatic amines is 1. The predicted octanol–water partition coefficient (Wildman–Crippen LogP) is 2.55. The van der Waals surface area contributed by atoms with Gasteiger partial charge in [-0.25, -0.2) is 5.10 Å². The number of hydrogen-bond acceptors (Lipinski definition) is 4. The molecule has 0 saturated heterocycles. The van der Waals surface area contributed by atoms with E-state index in [1.165, 1.54) is 6.33 Å². The number of H-pyrrole nitrogens is 1. The van der Waals surface area contributed by atoms with Crippen molar-refractivity contribution in [1.29, 1.82) is 0 Å². The van der Waals surface area contributed by atoms with Gasteiger partial charge in [-0.3, -0.25) is 10.1 Å². The zero-order valence-electron chi connectivity index (χ0n) is 12.3. The summed E-state index contributed by atoms with van der Waals surface area (Å²) in [6.07, 6.45) is 1.02. The van der Waals surface area contributed by atoms with Gasteiger partial charge in [-0.1, -0.05) is 60.7 Å². The summed E-state index contributed by atoms with van der Waals surface area (Å²) in [6.45, 7) is -0.0881. The Bertz CT molecular complexity index is 690. The van der Waals surface area contributed by atoms with E-state index in [0.29, 0.717) is 5.95 Å². The van der Waals surface area contributed by atoms with E-state index in [-0.39, 0.29) is 18.6 Å². The van der Waals surface area contributed by atoms with Crippen LogP contribution in [0.2, 0.25) is 0 Å². The van der Waals surface area contributed by atoms with Crippen LogP contribution in [0.15, 0.2) is 67.0 Å². The van der Waals surface area contributed by atoms with Gasteiger partial charge in [0.05, 0.1) is 0 Å². The summed E-state index contributed by atoms with van der Waals surface area (Å²) in [6, 6.07) is 19.6. The topological polar surface area (TPSA) is 79.9 Å². The van der Waals surface area contributed by atoms with Crippen LogP contribution >= 0.6 is 0 Å². The number of hydrogen-bond donors (Lipinski definition) is 2. The fourth-order valence-corrected chi connectivity index (χ4v) is 2.23. The van der Waals surface area contributed by atoms with Gasteiger partial charge in [0, 0.05) is 0 Å². The maximum Gasteiger partial charge on any atom is 0.252 e. The molecule has 0 fully saturated rings. The largest absolute Gasteiger partial charge is 0.359 e. The molecule has 0 saturated carbocycles. The van der Waals surface area contributed by atoms with E-state index in [0.717, 1.165) is 11.1 Å². The zero-order valence-corrected chi connectivity index (χ0v) is 12.3. The lowest BCUT2D eigenvalue weighted by atomic mass is 10.0. The Hall–Kier alpha value is -2.99. The highest BCUT2D eigenvalue weighted by atomic mass is 16.5. The third-order valence-electron chi connectivity index (χ3n) is 3.26. The minimum atomic E-state index is -0.308. The molecule has 2 N–H and O–H groups in total. The maximum absolute atomic E-state index is 12.0. The van der Waals surface area contributed by atoms with Crippen molar-refractivity contribution in [2.75, 3.05) is 11.9 Å². The summed E-state index contributed by atoms with van der Waals surface area (Å²) >= 11 is 0. The summed E-state index contributed by atoms with van der Waals surface area (Å²) in [5.41, 5.74) is 1.98. The minimum Gasteiger partial charge on any atom is -0.359 e. The van der Waals surface area contributed by atoms with E-state index in [1.54, 1.807) is 0 Å². The third-order valence-corrected chi connectivity index (χ3v) is 3.26. The number of nitrogens with one attached hydrogen (secondary N) is 2. The highest BCUT2D eigenvalue weighted by molar-refractivity contribution is 5.89. The van der Waals surface area contributed by atoms with Crippen LogP contribution in [0.4, 0.5) is 5.95 Å². The number of nitrogens with zero attached hydrogens (tertiary/aromatic N) is 2. The molecule has 1 amide bonds. The fourth-order valence-electron chi connectivity index (χ4n) is 2.23. The molecule has 0 atom stereocenters. The minimum absolute atomic E-state index is 0.0881. The van der Waals surface area contributed by atoms with Crippen LogP contribution in [0, 0.1) is 0 Å². The van der Waals surface area contributed by atoms with Crippen LogP contribution in [-0.4, -0.2) is 27.7 Å². The van der Waals surface area contributed by atoms with Crippen LogP contribution in [0.5, 0.6) is 0 Å². The smallest absolute Gasteiger partial charge is 0.252 e. The number of carbonyl (C=O) groups is 1. The number of rotatable bonds is 6. The van der Waals surface area contributed by atoms with Crippen molar-refractivity contribution in [2.24, 2.45) is 0 Å². The number of amides is 1. The number of ether oxygens (including phenoxy) is 1.